The first-order valence-corrected chi connectivity index (χ1v) is 6.99. The quantitative estimate of drug-likeness (QED) is 0.381. The third-order valence-electron chi connectivity index (χ3n) is 1.25. The summed E-state index contributed by atoms with van der Waals surface area (Å²) in [6.07, 6.45) is 2.84. The molecule has 0 saturated carbocycles. The molecule has 0 aromatic carbocycles. The fourth-order valence-electron chi connectivity index (χ4n) is 0.725. The van der Waals surface area contributed by atoms with Gasteiger partial charge in [-0.25, -0.2) is 0 Å². The van der Waals surface area contributed by atoms with Gasteiger partial charge in [0.25, 0.3) is 0 Å². The van der Waals surface area contributed by atoms with Crippen LogP contribution in [0.1, 0.15) is 0 Å². The fourth-order valence-corrected chi connectivity index (χ4v) is 1.94. The van der Waals surface area contributed by atoms with Gasteiger partial charge in [0, 0.05) is 34.1 Å². The predicted molar refractivity (Wildman–Crippen MR) is 56.3 cm³/mol. The summed E-state index contributed by atoms with van der Waals surface area (Å²) in [5.41, 5.74) is -0.0212. The molecule has 82 valence electrons. The fraction of sp³-hybridized carbons (Fsp3) is 0.667. The van der Waals surface area contributed by atoms with Crippen LogP contribution in [0.4, 0.5) is 0 Å². The number of nitrogens with zero attached hydrogens (tertiary/aromatic N) is 2. The summed E-state index contributed by atoms with van der Waals surface area (Å²) in [7, 11) is -2.43. The molecule has 0 aromatic rings. The number of oxime groups is 2. The Morgan fingerprint density at radius 2 is 1.29 bits per heavy atom. The summed E-state index contributed by atoms with van der Waals surface area (Å²) in [5, 5.41) is 22.8. The molecule has 0 aliphatic rings. The van der Waals surface area contributed by atoms with E-state index in [9.17, 15) is 8.42 Å². The lowest BCUT2D eigenvalue weighted by molar-refractivity contribution is 0.314. The van der Waals surface area contributed by atoms with Gasteiger partial charge in [0.15, 0.2) is 0 Å². The van der Waals surface area contributed by atoms with Crippen LogP contribution in [0.2, 0.25) is 0 Å². The minimum absolute atomic E-state index is 0.0106. The molecule has 0 fully saturated rings. The summed E-state index contributed by atoms with van der Waals surface area (Å²) in [5.74, 6) is -0.0693. The molecule has 2 N–H and O–H groups in total. The Labute approximate surface area is 86.6 Å². The normalized spacial score (nSPS) is 17.9. The standard InChI is InChI=1S/C6H12N2O4S2/c1-13(11)3-5(7-9)6(8-10)4-14(2)12/h9-10H,3-4H2,1-2H3/b7-5+,8-6+. The van der Waals surface area contributed by atoms with Crippen molar-refractivity contribution in [3.63, 3.8) is 0 Å². The summed E-state index contributed by atoms with van der Waals surface area (Å²) in [6, 6.07) is 0. The molecule has 8 heteroatoms. The van der Waals surface area contributed by atoms with Gasteiger partial charge in [-0.15, -0.1) is 0 Å². The van der Waals surface area contributed by atoms with E-state index in [0.29, 0.717) is 0 Å². The van der Waals surface area contributed by atoms with Gasteiger partial charge in [-0.3, -0.25) is 8.42 Å². The SMILES string of the molecule is CS(=O)CC(=N\O)/C(CS(C)=O)=N/O. The molecule has 0 bridgehead atoms. The van der Waals surface area contributed by atoms with Gasteiger partial charge in [0.1, 0.15) is 11.4 Å². The second-order valence-corrected chi connectivity index (χ2v) is 5.40. The Balaban J connectivity index is 4.65. The van der Waals surface area contributed by atoms with Crippen LogP contribution in [0.5, 0.6) is 0 Å². The highest BCUT2D eigenvalue weighted by molar-refractivity contribution is 7.86. The maximum absolute atomic E-state index is 10.8. The highest BCUT2D eigenvalue weighted by atomic mass is 32.2. The molecule has 14 heavy (non-hydrogen) atoms. The molecule has 2 unspecified atom stereocenters. The summed E-state index contributed by atoms with van der Waals surface area (Å²) >= 11 is 0. The molecular formula is C6H12N2O4S2. The van der Waals surface area contributed by atoms with Crippen LogP contribution in [0.25, 0.3) is 0 Å². The van der Waals surface area contributed by atoms with Crippen molar-refractivity contribution in [3.05, 3.63) is 0 Å². The maximum Gasteiger partial charge on any atom is 0.118 e. The van der Waals surface area contributed by atoms with E-state index in [1.165, 1.54) is 12.5 Å². The molecule has 0 aliphatic carbocycles. The zero-order valence-electron chi connectivity index (χ0n) is 7.84. The van der Waals surface area contributed by atoms with Crippen molar-refractivity contribution in [2.24, 2.45) is 10.3 Å². The molecule has 0 aromatic heterocycles. The van der Waals surface area contributed by atoms with E-state index in [1.807, 2.05) is 0 Å². The van der Waals surface area contributed by atoms with Crippen LogP contribution >= 0.6 is 0 Å². The van der Waals surface area contributed by atoms with Gasteiger partial charge in [0.2, 0.25) is 0 Å². The van der Waals surface area contributed by atoms with Crippen LogP contribution in [-0.4, -0.2) is 54.3 Å². The summed E-state index contributed by atoms with van der Waals surface area (Å²) in [4.78, 5) is 0. The Bertz CT molecular complexity index is 270. The van der Waals surface area contributed by atoms with Crippen molar-refractivity contribution in [1.29, 1.82) is 0 Å². The monoisotopic (exact) mass is 240 g/mol. The molecular weight excluding hydrogens is 228 g/mol. The minimum atomic E-state index is -1.21. The Morgan fingerprint density at radius 1 is 1.00 bits per heavy atom. The number of hydrogen-bond donors (Lipinski definition) is 2. The third kappa shape index (κ3) is 5.07. The highest BCUT2D eigenvalue weighted by Crippen LogP contribution is 1.91. The van der Waals surface area contributed by atoms with Crippen molar-refractivity contribution >= 4 is 33.0 Å². The lowest BCUT2D eigenvalue weighted by Gasteiger charge is -2.02. The van der Waals surface area contributed by atoms with Gasteiger partial charge >= 0.3 is 0 Å². The van der Waals surface area contributed by atoms with Crippen LogP contribution < -0.4 is 0 Å². The average molecular weight is 240 g/mol. The van der Waals surface area contributed by atoms with E-state index in [0.717, 1.165) is 0 Å². The Kier molecular flexibility index (Phi) is 6.30. The van der Waals surface area contributed by atoms with Gasteiger partial charge in [-0.05, 0) is 0 Å². The first-order chi connectivity index (χ1) is 6.51. The smallest absolute Gasteiger partial charge is 0.118 e. The van der Waals surface area contributed by atoms with Crippen LogP contribution in [0, 0.1) is 0 Å². The van der Waals surface area contributed by atoms with Crippen molar-refractivity contribution in [2.75, 3.05) is 24.0 Å². The van der Waals surface area contributed by atoms with Crippen LogP contribution in [0.15, 0.2) is 10.3 Å². The first-order valence-electron chi connectivity index (χ1n) is 3.53. The van der Waals surface area contributed by atoms with Crippen LogP contribution in [0.3, 0.4) is 0 Å². The lowest BCUT2D eigenvalue weighted by Crippen LogP contribution is -2.26. The molecule has 2 atom stereocenters. The number of hydrogen-bond acceptors (Lipinski definition) is 6. The van der Waals surface area contributed by atoms with Crippen molar-refractivity contribution < 1.29 is 18.8 Å². The van der Waals surface area contributed by atoms with Crippen LogP contribution in [-0.2, 0) is 21.6 Å². The van der Waals surface area contributed by atoms with E-state index >= 15 is 0 Å². The Morgan fingerprint density at radius 3 is 1.43 bits per heavy atom. The van der Waals surface area contributed by atoms with E-state index < -0.39 is 21.6 Å². The maximum atomic E-state index is 10.8. The zero-order chi connectivity index (χ0) is 11.1. The summed E-state index contributed by atoms with van der Waals surface area (Å²) < 4.78 is 21.7. The van der Waals surface area contributed by atoms with Crippen molar-refractivity contribution in [3.8, 4) is 0 Å². The molecule has 0 radical (unpaired) electrons. The molecule has 0 saturated heterocycles. The highest BCUT2D eigenvalue weighted by Gasteiger charge is 2.14. The molecule has 0 rings (SSSR count). The van der Waals surface area contributed by atoms with Crippen molar-refractivity contribution in [2.45, 2.75) is 0 Å². The lowest BCUT2D eigenvalue weighted by atomic mass is 10.3. The molecule has 6 nitrogen and oxygen atoms in total. The largest absolute Gasteiger partial charge is 0.411 e. The van der Waals surface area contributed by atoms with Crippen molar-refractivity contribution in [1.82, 2.24) is 0 Å². The molecule has 0 amide bonds. The first kappa shape index (κ1) is 13.2. The van der Waals surface area contributed by atoms with Gasteiger partial charge in [-0.1, -0.05) is 10.3 Å². The Hall–Kier alpha value is -0.760. The number of rotatable bonds is 5. The second kappa shape index (κ2) is 6.66. The topological polar surface area (TPSA) is 99.3 Å². The van der Waals surface area contributed by atoms with E-state index in [4.69, 9.17) is 10.4 Å². The van der Waals surface area contributed by atoms with E-state index in [2.05, 4.69) is 10.3 Å². The van der Waals surface area contributed by atoms with E-state index in [-0.39, 0.29) is 22.9 Å². The van der Waals surface area contributed by atoms with E-state index in [1.54, 1.807) is 0 Å². The van der Waals surface area contributed by atoms with Gasteiger partial charge in [0.05, 0.1) is 11.5 Å². The average Bonchev–Trinajstić information content (AvgIpc) is 2.10. The minimum Gasteiger partial charge on any atom is -0.411 e. The molecule has 0 heterocycles. The van der Waals surface area contributed by atoms with Gasteiger partial charge < -0.3 is 10.4 Å². The second-order valence-electron chi connectivity index (χ2n) is 2.53. The zero-order valence-corrected chi connectivity index (χ0v) is 9.47. The summed E-state index contributed by atoms with van der Waals surface area (Å²) in [6.45, 7) is 0. The molecule has 0 spiro atoms. The molecule has 0 aliphatic heterocycles. The van der Waals surface area contributed by atoms with Gasteiger partial charge in [-0.2, -0.15) is 0 Å². The predicted octanol–water partition coefficient (Wildman–Crippen LogP) is -0.596. The third-order valence-corrected chi connectivity index (χ3v) is 2.61.